The zero-order valence-corrected chi connectivity index (χ0v) is 11.7. The van der Waals surface area contributed by atoms with Crippen LogP contribution in [0.4, 0.5) is 0 Å². The van der Waals surface area contributed by atoms with Gasteiger partial charge < -0.3 is 9.42 Å². The molecule has 0 radical (unpaired) electrons. The Kier molecular flexibility index (Phi) is 3.31. The summed E-state index contributed by atoms with van der Waals surface area (Å²) < 4.78 is 5.19. The summed E-state index contributed by atoms with van der Waals surface area (Å²) in [5, 5.41) is 3.99. The number of carbonyl (C=O) groups is 1. The third kappa shape index (κ3) is 2.66. The van der Waals surface area contributed by atoms with Crippen molar-refractivity contribution in [2.75, 3.05) is 26.2 Å². The van der Waals surface area contributed by atoms with Crippen LogP contribution in [0.5, 0.6) is 0 Å². The van der Waals surface area contributed by atoms with Crippen molar-refractivity contribution in [1.29, 1.82) is 0 Å². The summed E-state index contributed by atoms with van der Waals surface area (Å²) in [6.07, 6.45) is 2.19. The molecule has 0 unspecified atom stereocenters. The van der Waals surface area contributed by atoms with Gasteiger partial charge in [0, 0.05) is 44.2 Å². The molecular weight excluding hydrogens is 242 g/mol. The fraction of sp³-hybridized carbons (Fsp3) is 0.714. The van der Waals surface area contributed by atoms with Crippen LogP contribution in [0.3, 0.4) is 0 Å². The SMILES string of the molecule is Cc1noc(C)c1CN1CCN(C(=O)C2CC2)CC1. The summed E-state index contributed by atoms with van der Waals surface area (Å²) in [7, 11) is 0. The fourth-order valence-electron chi connectivity index (χ4n) is 2.67. The Labute approximate surface area is 113 Å². The Balaban J connectivity index is 1.54. The van der Waals surface area contributed by atoms with Crippen LogP contribution in [0, 0.1) is 19.8 Å². The Morgan fingerprint density at radius 3 is 2.47 bits per heavy atom. The first kappa shape index (κ1) is 12.7. The average Bonchev–Trinajstić information content (AvgIpc) is 3.22. The van der Waals surface area contributed by atoms with Crippen LogP contribution < -0.4 is 0 Å². The molecular formula is C14H21N3O2. The summed E-state index contributed by atoms with van der Waals surface area (Å²) in [5.74, 6) is 1.63. The van der Waals surface area contributed by atoms with E-state index in [-0.39, 0.29) is 0 Å². The van der Waals surface area contributed by atoms with Gasteiger partial charge in [-0.3, -0.25) is 9.69 Å². The number of aryl methyl sites for hydroxylation is 2. The predicted molar refractivity (Wildman–Crippen MR) is 70.6 cm³/mol. The van der Waals surface area contributed by atoms with Gasteiger partial charge in [0.25, 0.3) is 0 Å². The van der Waals surface area contributed by atoms with Crippen LogP contribution in [-0.2, 0) is 11.3 Å². The maximum Gasteiger partial charge on any atom is 0.225 e. The molecule has 0 atom stereocenters. The number of rotatable bonds is 3. The van der Waals surface area contributed by atoms with Gasteiger partial charge in [-0.1, -0.05) is 5.16 Å². The first-order chi connectivity index (χ1) is 9.15. The van der Waals surface area contributed by atoms with E-state index in [9.17, 15) is 4.79 Å². The molecule has 5 heteroatoms. The molecule has 5 nitrogen and oxygen atoms in total. The van der Waals surface area contributed by atoms with Gasteiger partial charge in [0.05, 0.1) is 5.69 Å². The number of hydrogen-bond acceptors (Lipinski definition) is 4. The van der Waals surface area contributed by atoms with Crippen molar-refractivity contribution in [2.24, 2.45) is 5.92 Å². The lowest BCUT2D eigenvalue weighted by Gasteiger charge is -2.34. The highest BCUT2D eigenvalue weighted by Gasteiger charge is 2.34. The van der Waals surface area contributed by atoms with Gasteiger partial charge in [0.15, 0.2) is 0 Å². The largest absolute Gasteiger partial charge is 0.361 e. The average molecular weight is 263 g/mol. The topological polar surface area (TPSA) is 49.6 Å². The molecule has 0 spiro atoms. The van der Waals surface area contributed by atoms with Gasteiger partial charge in [-0.25, -0.2) is 0 Å². The predicted octanol–water partition coefficient (Wildman–Crippen LogP) is 1.35. The van der Waals surface area contributed by atoms with Crippen molar-refractivity contribution >= 4 is 5.91 Å². The second kappa shape index (κ2) is 4.96. The monoisotopic (exact) mass is 263 g/mol. The van der Waals surface area contributed by atoms with Gasteiger partial charge in [-0.15, -0.1) is 0 Å². The number of nitrogens with zero attached hydrogens (tertiary/aromatic N) is 3. The Bertz CT molecular complexity index is 452. The molecule has 1 saturated carbocycles. The number of piperazine rings is 1. The van der Waals surface area contributed by atoms with Crippen molar-refractivity contribution in [3.63, 3.8) is 0 Å². The van der Waals surface area contributed by atoms with Crippen LogP contribution in [0.1, 0.15) is 29.9 Å². The first-order valence-corrected chi connectivity index (χ1v) is 7.08. The van der Waals surface area contributed by atoms with Gasteiger partial charge >= 0.3 is 0 Å². The molecule has 19 heavy (non-hydrogen) atoms. The lowest BCUT2D eigenvalue weighted by atomic mass is 10.1. The Morgan fingerprint density at radius 2 is 1.95 bits per heavy atom. The molecule has 104 valence electrons. The van der Waals surface area contributed by atoms with Crippen LogP contribution in [0.15, 0.2) is 4.52 Å². The molecule has 1 amide bonds. The number of carbonyl (C=O) groups excluding carboxylic acids is 1. The standard InChI is InChI=1S/C14H21N3O2/c1-10-13(11(2)19-15-10)9-16-5-7-17(8-6-16)14(18)12-3-4-12/h12H,3-9H2,1-2H3. The fourth-order valence-corrected chi connectivity index (χ4v) is 2.67. The maximum absolute atomic E-state index is 12.0. The van der Waals surface area contributed by atoms with Gasteiger partial charge in [-0.05, 0) is 26.7 Å². The maximum atomic E-state index is 12.0. The molecule has 0 bridgehead atoms. The normalized spacial score (nSPS) is 20.8. The molecule has 1 aromatic rings. The van der Waals surface area contributed by atoms with Crippen molar-refractivity contribution in [1.82, 2.24) is 15.0 Å². The second-order valence-corrected chi connectivity index (χ2v) is 5.68. The van der Waals surface area contributed by atoms with Gasteiger partial charge in [0.2, 0.25) is 5.91 Å². The molecule has 2 aliphatic rings. The third-order valence-corrected chi connectivity index (χ3v) is 4.17. The summed E-state index contributed by atoms with van der Waals surface area (Å²) in [6.45, 7) is 8.44. The quantitative estimate of drug-likeness (QED) is 0.826. The van der Waals surface area contributed by atoms with Crippen LogP contribution in [0.25, 0.3) is 0 Å². The van der Waals surface area contributed by atoms with E-state index >= 15 is 0 Å². The smallest absolute Gasteiger partial charge is 0.225 e. The summed E-state index contributed by atoms with van der Waals surface area (Å²) >= 11 is 0. The number of hydrogen-bond donors (Lipinski definition) is 0. The van der Waals surface area contributed by atoms with E-state index in [1.165, 1.54) is 5.56 Å². The van der Waals surface area contributed by atoms with Gasteiger partial charge in [0.1, 0.15) is 5.76 Å². The molecule has 1 aromatic heterocycles. The van der Waals surface area contributed by atoms with Crippen molar-refractivity contribution in [2.45, 2.75) is 33.2 Å². The zero-order valence-electron chi connectivity index (χ0n) is 11.7. The van der Waals surface area contributed by atoms with Crippen molar-refractivity contribution in [3.05, 3.63) is 17.0 Å². The summed E-state index contributed by atoms with van der Waals surface area (Å²) in [6, 6.07) is 0. The number of aromatic nitrogens is 1. The lowest BCUT2D eigenvalue weighted by Crippen LogP contribution is -2.48. The van der Waals surface area contributed by atoms with E-state index in [1.807, 2.05) is 18.7 Å². The van der Waals surface area contributed by atoms with E-state index in [4.69, 9.17) is 4.52 Å². The highest BCUT2D eigenvalue weighted by molar-refractivity contribution is 5.81. The lowest BCUT2D eigenvalue weighted by molar-refractivity contribution is -0.134. The van der Waals surface area contributed by atoms with Crippen molar-refractivity contribution in [3.8, 4) is 0 Å². The molecule has 0 N–H and O–H groups in total. The molecule has 2 fully saturated rings. The molecule has 1 aliphatic carbocycles. The Hall–Kier alpha value is -1.36. The summed E-state index contributed by atoms with van der Waals surface area (Å²) in [5.41, 5.74) is 2.18. The van der Waals surface area contributed by atoms with Crippen LogP contribution >= 0.6 is 0 Å². The Morgan fingerprint density at radius 1 is 1.26 bits per heavy atom. The highest BCUT2D eigenvalue weighted by atomic mass is 16.5. The second-order valence-electron chi connectivity index (χ2n) is 5.68. The molecule has 1 aliphatic heterocycles. The van der Waals surface area contributed by atoms with E-state index in [0.717, 1.165) is 57.0 Å². The molecule has 1 saturated heterocycles. The van der Waals surface area contributed by atoms with E-state index < -0.39 is 0 Å². The highest BCUT2D eigenvalue weighted by Crippen LogP contribution is 2.31. The first-order valence-electron chi connectivity index (χ1n) is 7.08. The summed E-state index contributed by atoms with van der Waals surface area (Å²) in [4.78, 5) is 16.4. The van der Waals surface area contributed by atoms with Crippen LogP contribution in [-0.4, -0.2) is 47.0 Å². The van der Waals surface area contributed by atoms with E-state index in [0.29, 0.717) is 11.8 Å². The van der Waals surface area contributed by atoms with Gasteiger partial charge in [-0.2, -0.15) is 0 Å². The minimum Gasteiger partial charge on any atom is -0.361 e. The number of amides is 1. The minimum absolute atomic E-state index is 0.342. The van der Waals surface area contributed by atoms with Crippen molar-refractivity contribution < 1.29 is 9.32 Å². The molecule has 0 aromatic carbocycles. The van der Waals surface area contributed by atoms with E-state index in [2.05, 4.69) is 10.1 Å². The third-order valence-electron chi connectivity index (χ3n) is 4.17. The molecule has 2 heterocycles. The molecule has 3 rings (SSSR count). The minimum atomic E-state index is 0.342. The van der Waals surface area contributed by atoms with Crippen LogP contribution in [0.2, 0.25) is 0 Å². The zero-order chi connectivity index (χ0) is 13.4. The van der Waals surface area contributed by atoms with E-state index in [1.54, 1.807) is 0 Å².